The Morgan fingerprint density at radius 3 is 2.24 bits per heavy atom. The van der Waals surface area contributed by atoms with Gasteiger partial charge in [-0.3, -0.25) is 0 Å². The van der Waals surface area contributed by atoms with Crippen molar-refractivity contribution in [3.8, 4) is 0 Å². The number of piperazine rings is 1. The van der Waals surface area contributed by atoms with E-state index in [4.69, 9.17) is 0 Å². The van der Waals surface area contributed by atoms with Crippen molar-refractivity contribution in [1.82, 2.24) is 9.62 Å². The molecule has 2 aromatic rings. The molecule has 0 aromatic heterocycles. The lowest BCUT2D eigenvalue weighted by Crippen LogP contribution is -2.72. The Morgan fingerprint density at radius 1 is 1.00 bits per heavy atom. The molecular weight excluding hydrogens is 332 g/mol. The van der Waals surface area contributed by atoms with Crippen LogP contribution in [-0.2, 0) is 10.0 Å². The van der Waals surface area contributed by atoms with Crippen molar-refractivity contribution >= 4 is 16.1 Å². The van der Waals surface area contributed by atoms with E-state index >= 15 is 0 Å². The van der Waals surface area contributed by atoms with Crippen LogP contribution in [0.1, 0.15) is 24.0 Å². The summed E-state index contributed by atoms with van der Waals surface area (Å²) in [6.45, 7) is 3.06. The number of nitrogens with one attached hydrogen (secondary N) is 1. The van der Waals surface area contributed by atoms with E-state index in [1.54, 1.807) is 28.6 Å². The van der Waals surface area contributed by atoms with E-state index in [2.05, 4.69) is 35.7 Å². The fraction of sp³-hybridized carbons (Fsp3) is 0.300. The van der Waals surface area contributed by atoms with Crippen LogP contribution in [0.3, 0.4) is 0 Å². The molecular formula is C20H22N2O2S. The van der Waals surface area contributed by atoms with Crippen LogP contribution in [0, 0.1) is 0 Å². The van der Waals surface area contributed by atoms with Crippen molar-refractivity contribution < 1.29 is 8.42 Å². The highest BCUT2D eigenvalue weighted by Crippen LogP contribution is 2.38. The number of nitrogens with zero attached hydrogens (tertiary/aromatic N) is 1. The van der Waals surface area contributed by atoms with Gasteiger partial charge in [0, 0.05) is 31.1 Å². The highest BCUT2D eigenvalue weighted by atomic mass is 32.2. The Bertz CT molecular complexity index is 864. The third-order valence-corrected chi connectivity index (χ3v) is 7.00. The van der Waals surface area contributed by atoms with Crippen LogP contribution in [0.25, 0.3) is 6.08 Å². The maximum absolute atomic E-state index is 12.8. The van der Waals surface area contributed by atoms with E-state index in [1.165, 1.54) is 11.1 Å². The van der Waals surface area contributed by atoms with Crippen LogP contribution in [-0.4, -0.2) is 37.9 Å². The standard InChI is InChI=1S/C20H22N2O2S/c1-2-6-15-9-11-16(12-10-15)20-18-13-22(14-19(20)21-18)25(23,24)17-7-4-3-5-8-17/h2-12,18-21H,13-14H2,1H3/b6-2+/t18-,19+,20?. The lowest BCUT2D eigenvalue weighted by molar-refractivity contribution is 0.102. The monoisotopic (exact) mass is 354 g/mol. The third-order valence-electron chi connectivity index (χ3n) is 5.16. The molecule has 130 valence electrons. The first kappa shape index (κ1) is 16.5. The Labute approximate surface area is 149 Å². The minimum Gasteiger partial charge on any atom is -0.307 e. The molecule has 0 amide bonds. The molecule has 0 spiro atoms. The Balaban J connectivity index is 1.51. The van der Waals surface area contributed by atoms with Crippen molar-refractivity contribution in [1.29, 1.82) is 0 Å². The molecule has 25 heavy (non-hydrogen) atoms. The Morgan fingerprint density at radius 2 is 1.64 bits per heavy atom. The number of allylic oxidation sites excluding steroid dienone is 1. The largest absolute Gasteiger partial charge is 0.307 e. The van der Waals surface area contributed by atoms with E-state index in [-0.39, 0.29) is 12.1 Å². The van der Waals surface area contributed by atoms with E-state index in [0.717, 1.165) is 0 Å². The smallest absolute Gasteiger partial charge is 0.243 e. The first-order valence-electron chi connectivity index (χ1n) is 8.63. The van der Waals surface area contributed by atoms with Gasteiger partial charge in [0.15, 0.2) is 0 Å². The fourth-order valence-corrected chi connectivity index (χ4v) is 5.43. The first-order valence-corrected chi connectivity index (χ1v) is 10.1. The third kappa shape index (κ3) is 2.92. The van der Waals surface area contributed by atoms with Gasteiger partial charge in [-0.05, 0) is 30.2 Å². The van der Waals surface area contributed by atoms with Crippen molar-refractivity contribution in [2.24, 2.45) is 0 Å². The quantitative estimate of drug-likeness (QED) is 0.918. The van der Waals surface area contributed by atoms with Crippen molar-refractivity contribution in [2.45, 2.75) is 29.8 Å². The van der Waals surface area contributed by atoms with Crippen molar-refractivity contribution in [2.75, 3.05) is 13.1 Å². The molecule has 0 saturated carbocycles. The number of hydrogen-bond donors (Lipinski definition) is 1. The summed E-state index contributed by atoms with van der Waals surface area (Å²) in [7, 11) is -3.40. The molecule has 4 nitrogen and oxygen atoms in total. The zero-order valence-electron chi connectivity index (χ0n) is 14.2. The maximum atomic E-state index is 12.8. The van der Waals surface area contributed by atoms with Gasteiger partial charge in [-0.25, -0.2) is 8.42 Å². The van der Waals surface area contributed by atoms with Gasteiger partial charge in [0.1, 0.15) is 0 Å². The molecule has 3 aliphatic heterocycles. The van der Waals surface area contributed by atoms with Gasteiger partial charge in [-0.2, -0.15) is 4.31 Å². The highest BCUT2D eigenvalue weighted by molar-refractivity contribution is 7.89. The van der Waals surface area contributed by atoms with Crippen LogP contribution in [0.15, 0.2) is 65.6 Å². The van der Waals surface area contributed by atoms with E-state index in [9.17, 15) is 8.42 Å². The summed E-state index contributed by atoms with van der Waals surface area (Å²) < 4.78 is 27.2. The number of piperidine rings is 1. The number of sulfonamides is 1. The van der Waals surface area contributed by atoms with E-state index in [1.807, 2.05) is 19.1 Å². The van der Waals surface area contributed by atoms with Gasteiger partial charge in [0.25, 0.3) is 0 Å². The lowest BCUT2D eigenvalue weighted by atomic mass is 9.75. The lowest BCUT2D eigenvalue weighted by Gasteiger charge is -2.54. The molecule has 1 N–H and O–H groups in total. The second kappa shape index (κ2) is 6.41. The molecule has 5 heteroatoms. The van der Waals surface area contributed by atoms with Crippen LogP contribution in [0.2, 0.25) is 0 Å². The summed E-state index contributed by atoms with van der Waals surface area (Å²) in [5, 5.41) is 3.50. The molecule has 0 aliphatic carbocycles. The molecule has 3 saturated heterocycles. The Hall–Kier alpha value is -1.95. The van der Waals surface area contributed by atoms with Crippen LogP contribution in [0.4, 0.5) is 0 Å². The fourth-order valence-electron chi connectivity index (χ4n) is 3.91. The average molecular weight is 354 g/mol. The van der Waals surface area contributed by atoms with Crippen LogP contribution in [0.5, 0.6) is 0 Å². The first-order chi connectivity index (χ1) is 12.1. The van der Waals surface area contributed by atoms with E-state index in [0.29, 0.717) is 23.9 Å². The molecule has 2 bridgehead atoms. The number of hydrogen-bond acceptors (Lipinski definition) is 3. The number of fused-ring (bicyclic) bond motifs is 2. The van der Waals surface area contributed by atoms with E-state index < -0.39 is 10.0 Å². The Kier molecular flexibility index (Phi) is 4.23. The zero-order chi connectivity index (χ0) is 17.4. The maximum Gasteiger partial charge on any atom is 0.243 e. The molecule has 2 aromatic carbocycles. The minimum atomic E-state index is -3.40. The summed E-state index contributed by atoms with van der Waals surface area (Å²) >= 11 is 0. The SMILES string of the molecule is C/C=C/c1ccc(C2[C@@H]3CN(S(=O)(=O)c4ccccc4)C[C@H]2N3)cc1. The number of rotatable bonds is 4. The number of benzene rings is 2. The molecule has 0 radical (unpaired) electrons. The summed E-state index contributed by atoms with van der Waals surface area (Å²) in [5.41, 5.74) is 2.48. The van der Waals surface area contributed by atoms with Gasteiger partial charge in [0.05, 0.1) is 4.90 Å². The van der Waals surface area contributed by atoms with Crippen molar-refractivity contribution in [3.63, 3.8) is 0 Å². The molecule has 3 atom stereocenters. The summed E-state index contributed by atoms with van der Waals surface area (Å²) in [6, 6.07) is 17.7. The molecule has 3 heterocycles. The predicted molar refractivity (Wildman–Crippen MR) is 99.8 cm³/mol. The normalized spacial score (nSPS) is 26.5. The molecule has 3 fully saturated rings. The van der Waals surface area contributed by atoms with Gasteiger partial charge in [-0.15, -0.1) is 0 Å². The van der Waals surface area contributed by atoms with Gasteiger partial charge in [0.2, 0.25) is 10.0 Å². The minimum absolute atomic E-state index is 0.185. The zero-order valence-corrected chi connectivity index (χ0v) is 15.0. The van der Waals surface area contributed by atoms with Crippen LogP contribution < -0.4 is 5.32 Å². The van der Waals surface area contributed by atoms with Gasteiger partial charge >= 0.3 is 0 Å². The van der Waals surface area contributed by atoms with Gasteiger partial charge < -0.3 is 5.32 Å². The highest BCUT2D eigenvalue weighted by Gasteiger charge is 2.49. The molecule has 3 aliphatic rings. The molecule has 1 unspecified atom stereocenters. The summed E-state index contributed by atoms with van der Waals surface area (Å²) in [5.74, 6) is 0.391. The average Bonchev–Trinajstić information content (AvgIpc) is 2.64. The second-order valence-corrected chi connectivity index (χ2v) is 8.65. The summed E-state index contributed by atoms with van der Waals surface area (Å²) in [4.78, 5) is 0.378. The topological polar surface area (TPSA) is 49.4 Å². The van der Waals surface area contributed by atoms with Crippen molar-refractivity contribution in [3.05, 3.63) is 71.8 Å². The summed E-state index contributed by atoms with van der Waals surface area (Å²) in [6.07, 6.45) is 4.11. The van der Waals surface area contributed by atoms with Gasteiger partial charge in [-0.1, -0.05) is 54.6 Å². The van der Waals surface area contributed by atoms with Crippen LogP contribution >= 0.6 is 0 Å². The molecule has 5 rings (SSSR count). The second-order valence-electron chi connectivity index (χ2n) is 6.71. The predicted octanol–water partition coefficient (Wildman–Crippen LogP) is 2.85.